The molecule has 0 unspecified atom stereocenters. The molecule has 0 spiro atoms. The van der Waals surface area contributed by atoms with Crippen molar-refractivity contribution in [3.05, 3.63) is 58.7 Å². The summed E-state index contributed by atoms with van der Waals surface area (Å²) in [6.45, 7) is 0.365. The fourth-order valence-electron chi connectivity index (χ4n) is 3.46. The average Bonchev–Trinajstić information content (AvgIpc) is 3.38. The van der Waals surface area contributed by atoms with Crippen LogP contribution in [0, 0.1) is 5.82 Å². The van der Waals surface area contributed by atoms with Crippen LogP contribution in [0.25, 0.3) is 11.1 Å². The number of H-pyrrole nitrogens is 1. The minimum Gasteiger partial charge on any atom is -0.435 e. The van der Waals surface area contributed by atoms with Gasteiger partial charge in [0.15, 0.2) is 17.4 Å². The van der Waals surface area contributed by atoms with Crippen molar-refractivity contribution >= 4 is 28.6 Å². The molecule has 0 fully saturated rings. The molecular formula is C17H13ClFN7O2. The summed E-state index contributed by atoms with van der Waals surface area (Å²) in [4.78, 5) is 30.6. The summed E-state index contributed by atoms with van der Waals surface area (Å²) in [7, 11) is 1.58. The Kier molecular flexibility index (Phi) is 3.69. The van der Waals surface area contributed by atoms with E-state index in [0.29, 0.717) is 24.2 Å². The number of benzene rings is 1. The Hall–Kier alpha value is -3.27. The number of rotatable bonds is 2. The Morgan fingerprint density at radius 3 is 3.00 bits per heavy atom. The normalized spacial score (nSPS) is 16.5. The van der Waals surface area contributed by atoms with E-state index in [4.69, 9.17) is 16.0 Å². The topological polar surface area (TPSA) is 106 Å². The second-order valence-corrected chi connectivity index (χ2v) is 6.72. The number of hydrogen-bond donors (Lipinski definition) is 1. The first-order valence-corrected chi connectivity index (χ1v) is 8.85. The zero-order valence-corrected chi connectivity index (χ0v) is 15.3. The first-order chi connectivity index (χ1) is 13.5. The van der Waals surface area contributed by atoms with Crippen LogP contribution in [0.3, 0.4) is 0 Å². The van der Waals surface area contributed by atoms with E-state index in [-0.39, 0.29) is 22.6 Å². The quantitative estimate of drug-likeness (QED) is 0.552. The number of halogens is 2. The van der Waals surface area contributed by atoms with Crippen molar-refractivity contribution in [2.24, 2.45) is 7.05 Å². The number of carbonyl (C=O) groups is 1. The van der Waals surface area contributed by atoms with Crippen LogP contribution in [0.2, 0.25) is 5.28 Å². The van der Waals surface area contributed by atoms with Crippen molar-refractivity contribution in [3.8, 4) is 0 Å². The van der Waals surface area contributed by atoms with E-state index in [2.05, 4.69) is 25.0 Å². The van der Waals surface area contributed by atoms with Crippen LogP contribution >= 0.6 is 11.6 Å². The highest BCUT2D eigenvalue weighted by Gasteiger charge is 2.39. The molecule has 1 amide bonds. The monoisotopic (exact) mass is 401 g/mol. The molecule has 0 saturated heterocycles. The van der Waals surface area contributed by atoms with Gasteiger partial charge in [-0.25, -0.2) is 19.0 Å². The zero-order valence-electron chi connectivity index (χ0n) is 14.6. The van der Waals surface area contributed by atoms with Gasteiger partial charge in [0.05, 0.1) is 12.0 Å². The van der Waals surface area contributed by atoms with Crippen LogP contribution < -0.4 is 0 Å². The molecular weight excluding hydrogens is 389 g/mol. The third-order valence-electron chi connectivity index (χ3n) is 4.73. The van der Waals surface area contributed by atoms with Gasteiger partial charge >= 0.3 is 0 Å². The smallest absolute Gasteiger partial charge is 0.292 e. The number of carbonyl (C=O) groups excluding carboxylic acids is 1. The van der Waals surface area contributed by atoms with Crippen molar-refractivity contribution in [1.82, 2.24) is 34.6 Å². The van der Waals surface area contributed by atoms with Gasteiger partial charge in [-0.1, -0.05) is 6.07 Å². The molecule has 1 aliphatic heterocycles. The SMILES string of the molecule is Cn1nc(Cl)nc1C(=O)N1CCc2[nH]cnc2[C@H]1c1nc2cccc(F)c2o1. The van der Waals surface area contributed by atoms with Crippen LogP contribution in [0.15, 0.2) is 28.9 Å². The zero-order chi connectivity index (χ0) is 19.4. The number of fused-ring (bicyclic) bond motifs is 2. The van der Waals surface area contributed by atoms with E-state index < -0.39 is 17.8 Å². The predicted octanol–water partition coefficient (Wildman–Crippen LogP) is 2.26. The molecule has 3 aromatic heterocycles. The first kappa shape index (κ1) is 16.9. The molecule has 11 heteroatoms. The number of oxazole rings is 1. The summed E-state index contributed by atoms with van der Waals surface area (Å²) in [5.74, 6) is -0.665. The molecule has 28 heavy (non-hydrogen) atoms. The van der Waals surface area contributed by atoms with Gasteiger partial charge in [-0.2, -0.15) is 4.98 Å². The van der Waals surface area contributed by atoms with E-state index in [1.54, 1.807) is 25.5 Å². The molecule has 0 saturated carbocycles. The van der Waals surface area contributed by atoms with Crippen LogP contribution in [0.1, 0.15) is 33.9 Å². The first-order valence-electron chi connectivity index (χ1n) is 8.47. The Labute approximate surface area is 162 Å². The highest BCUT2D eigenvalue weighted by Crippen LogP contribution is 2.35. The molecule has 9 nitrogen and oxygen atoms in total. The predicted molar refractivity (Wildman–Crippen MR) is 95.2 cm³/mol. The lowest BCUT2D eigenvalue weighted by Gasteiger charge is -2.32. The van der Waals surface area contributed by atoms with E-state index in [1.807, 2.05) is 0 Å². The minimum absolute atomic E-state index is 0.0243. The molecule has 1 aliphatic rings. The van der Waals surface area contributed by atoms with Crippen molar-refractivity contribution in [3.63, 3.8) is 0 Å². The lowest BCUT2D eigenvalue weighted by atomic mass is 10.0. The van der Waals surface area contributed by atoms with Crippen molar-refractivity contribution < 1.29 is 13.6 Å². The maximum atomic E-state index is 14.1. The van der Waals surface area contributed by atoms with Gasteiger partial charge in [-0.05, 0) is 23.7 Å². The molecule has 0 radical (unpaired) electrons. The molecule has 1 atom stereocenters. The number of para-hydroxylation sites is 1. The van der Waals surface area contributed by atoms with Crippen LogP contribution in [-0.4, -0.2) is 47.1 Å². The van der Waals surface area contributed by atoms with E-state index >= 15 is 0 Å². The third kappa shape index (κ3) is 2.48. The van der Waals surface area contributed by atoms with Gasteiger partial charge in [-0.15, -0.1) is 5.10 Å². The van der Waals surface area contributed by atoms with Gasteiger partial charge in [0.25, 0.3) is 5.91 Å². The lowest BCUT2D eigenvalue weighted by Crippen LogP contribution is -2.42. The fourth-order valence-corrected chi connectivity index (χ4v) is 3.66. The van der Waals surface area contributed by atoms with Crippen molar-refractivity contribution in [1.29, 1.82) is 0 Å². The molecule has 5 rings (SSSR count). The molecule has 142 valence electrons. The average molecular weight is 402 g/mol. The summed E-state index contributed by atoms with van der Waals surface area (Å²) in [5.41, 5.74) is 1.87. The van der Waals surface area contributed by atoms with E-state index in [0.717, 1.165) is 5.69 Å². The van der Waals surface area contributed by atoms with Crippen LogP contribution in [0.4, 0.5) is 4.39 Å². The van der Waals surface area contributed by atoms with Gasteiger partial charge in [0.2, 0.25) is 17.0 Å². The number of aryl methyl sites for hydroxylation is 1. The summed E-state index contributed by atoms with van der Waals surface area (Å²) in [6, 6.07) is 3.76. The van der Waals surface area contributed by atoms with E-state index in [9.17, 15) is 9.18 Å². The lowest BCUT2D eigenvalue weighted by molar-refractivity contribution is 0.0649. The molecule has 4 aromatic rings. The minimum atomic E-state index is -0.732. The standard InChI is InChI=1S/C17H13ClFN7O2/c1-25-14(23-17(18)24-25)16(27)26-6-5-9-11(21-7-20-9)12(26)15-22-10-4-2-3-8(19)13(10)28-15/h2-4,7,12H,5-6H2,1H3,(H,20,21)/t12-/m0/s1. The fraction of sp³-hybridized carbons (Fsp3) is 0.235. The van der Waals surface area contributed by atoms with Crippen LogP contribution in [0.5, 0.6) is 0 Å². The Bertz CT molecular complexity index is 1210. The number of hydrogen-bond acceptors (Lipinski definition) is 6. The van der Waals surface area contributed by atoms with Gasteiger partial charge in [-0.3, -0.25) is 4.79 Å². The summed E-state index contributed by atoms with van der Waals surface area (Å²) < 4.78 is 21.1. The Balaban J connectivity index is 1.65. The summed E-state index contributed by atoms with van der Waals surface area (Å²) in [6.07, 6.45) is 2.12. The molecule has 1 aromatic carbocycles. The number of nitrogens with zero attached hydrogens (tertiary/aromatic N) is 6. The molecule has 0 bridgehead atoms. The summed E-state index contributed by atoms with van der Waals surface area (Å²) in [5, 5.41) is 3.89. The second-order valence-electron chi connectivity index (χ2n) is 6.39. The van der Waals surface area contributed by atoms with Gasteiger partial charge < -0.3 is 14.3 Å². The van der Waals surface area contributed by atoms with Gasteiger partial charge in [0.1, 0.15) is 5.52 Å². The summed E-state index contributed by atoms with van der Waals surface area (Å²) >= 11 is 5.83. The maximum Gasteiger partial charge on any atom is 0.292 e. The highest BCUT2D eigenvalue weighted by molar-refractivity contribution is 6.28. The molecule has 0 aliphatic carbocycles. The van der Waals surface area contributed by atoms with Crippen molar-refractivity contribution in [2.45, 2.75) is 12.5 Å². The number of aromatic amines is 1. The Morgan fingerprint density at radius 2 is 2.25 bits per heavy atom. The largest absolute Gasteiger partial charge is 0.435 e. The van der Waals surface area contributed by atoms with Crippen molar-refractivity contribution in [2.75, 3.05) is 6.54 Å². The third-order valence-corrected chi connectivity index (χ3v) is 4.89. The number of imidazole rings is 1. The number of amides is 1. The number of nitrogens with one attached hydrogen (secondary N) is 1. The molecule has 4 heterocycles. The maximum absolute atomic E-state index is 14.1. The highest BCUT2D eigenvalue weighted by atomic mass is 35.5. The second kappa shape index (κ2) is 6.13. The molecule has 1 N–H and O–H groups in total. The Morgan fingerprint density at radius 1 is 1.39 bits per heavy atom. The van der Waals surface area contributed by atoms with E-state index in [1.165, 1.54) is 15.6 Å². The van der Waals surface area contributed by atoms with Gasteiger partial charge in [0, 0.05) is 25.7 Å². The van der Waals surface area contributed by atoms with Crippen LogP contribution in [-0.2, 0) is 13.5 Å². The number of aromatic nitrogens is 6.